The molecule has 1 unspecified atom stereocenters. The maximum atomic E-state index is 12.3. The number of likely N-dealkylation sites (N-methyl/N-ethyl adjacent to an activating group) is 1. The van der Waals surface area contributed by atoms with Gasteiger partial charge in [0, 0.05) is 24.5 Å². The smallest absolute Gasteiger partial charge is 0.246 e. The molecule has 2 rings (SSSR count). The molecule has 0 bridgehead atoms. The summed E-state index contributed by atoms with van der Waals surface area (Å²) in [6, 6.07) is 5.48. The van der Waals surface area contributed by atoms with Gasteiger partial charge >= 0.3 is 0 Å². The van der Waals surface area contributed by atoms with Crippen LogP contribution in [0.15, 0.2) is 30.6 Å². The van der Waals surface area contributed by atoms with Crippen LogP contribution in [0.3, 0.4) is 0 Å². The Morgan fingerprint density at radius 1 is 1.29 bits per heavy atom. The zero-order valence-corrected chi connectivity index (χ0v) is 13.5. The number of halogens is 1. The van der Waals surface area contributed by atoms with Crippen LogP contribution in [-0.2, 0) is 11.8 Å². The Kier molecular flexibility index (Phi) is 5.93. The summed E-state index contributed by atoms with van der Waals surface area (Å²) in [5.41, 5.74) is 4.02. The topological polar surface area (TPSA) is 59.0 Å². The summed E-state index contributed by atoms with van der Waals surface area (Å²) >= 11 is 0. The second-order valence-corrected chi connectivity index (χ2v) is 4.96. The molecular formula is C15H21ClN4O. The monoisotopic (exact) mass is 308 g/mol. The van der Waals surface area contributed by atoms with Crippen LogP contribution in [0, 0.1) is 13.8 Å². The first-order valence-corrected chi connectivity index (χ1v) is 6.55. The number of nitrogens with zero attached hydrogens (tertiary/aromatic N) is 2. The summed E-state index contributed by atoms with van der Waals surface area (Å²) in [5.74, 6) is -0.0937. The molecule has 0 radical (unpaired) electrons. The van der Waals surface area contributed by atoms with Crippen molar-refractivity contribution in [2.24, 2.45) is 7.05 Å². The van der Waals surface area contributed by atoms with Crippen molar-refractivity contribution >= 4 is 24.0 Å². The molecule has 1 atom stereocenters. The Hall–Kier alpha value is -1.85. The van der Waals surface area contributed by atoms with Crippen LogP contribution in [0.5, 0.6) is 0 Å². The fraction of sp³-hybridized carbons (Fsp3) is 0.333. The molecule has 0 aliphatic carbocycles. The molecule has 1 heterocycles. The lowest BCUT2D eigenvalue weighted by atomic mass is 10.1. The molecule has 1 aromatic heterocycles. The van der Waals surface area contributed by atoms with E-state index in [2.05, 4.69) is 15.7 Å². The first kappa shape index (κ1) is 17.2. The first-order chi connectivity index (χ1) is 9.51. The van der Waals surface area contributed by atoms with E-state index < -0.39 is 6.04 Å². The molecule has 0 saturated carbocycles. The van der Waals surface area contributed by atoms with Crippen molar-refractivity contribution in [2.45, 2.75) is 19.9 Å². The third kappa shape index (κ3) is 4.06. The highest BCUT2D eigenvalue weighted by molar-refractivity contribution is 5.95. The average Bonchev–Trinajstić information content (AvgIpc) is 2.81. The van der Waals surface area contributed by atoms with Crippen molar-refractivity contribution < 1.29 is 4.79 Å². The number of hydrogen-bond acceptors (Lipinski definition) is 3. The molecule has 0 fully saturated rings. The Bertz CT molecular complexity index is 624. The molecule has 1 amide bonds. The van der Waals surface area contributed by atoms with Gasteiger partial charge in [0.15, 0.2) is 0 Å². The predicted molar refractivity (Wildman–Crippen MR) is 86.8 cm³/mol. The van der Waals surface area contributed by atoms with Gasteiger partial charge in [0.05, 0.1) is 6.20 Å². The van der Waals surface area contributed by atoms with Gasteiger partial charge < -0.3 is 10.6 Å². The molecule has 2 N–H and O–H groups in total. The molecule has 114 valence electrons. The summed E-state index contributed by atoms with van der Waals surface area (Å²) in [4.78, 5) is 12.3. The molecule has 1 aromatic carbocycles. The van der Waals surface area contributed by atoms with Crippen molar-refractivity contribution in [2.75, 3.05) is 12.4 Å². The number of aryl methyl sites for hydroxylation is 3. The maximum Gasteiger partial charge on any atom is 0.246 e. The SMILES string of the molecule is CNC(C(=O)Nc1ccc(C)c(C)c1)c1cnn(C)c1.Cl. The zero-order chi connectivity index (χ0) is 14.7. The minimum absolute atomic E-state index is 0. The number of carbonyl (C=O) groups excluding carboxylic acids is 1. The van der Waals surface area contributed by atoms with E-state index in [1.54, 1.807) is 17.9 Å². The number of aromatic nitrogens is 2. The first-order valence-electron chi connectivity index (χ1n) is 6.55. The van der Waals surface area contributed by atoms with Crippen LogP contribution in [0.4, 0.5) is 5.69 Å². The van der Waals surface area contributed by atoms with E-state index >= 15 is 0 Å². The van der Waals surface area contributed by atoms with E-state index in [4.69, 9.17) is 0 Å². The molecule has 0 saturated heterocycles. The average molecular weight is 309 g/mol. The lowest BCUT2D eigenvalue weighted by molar-refractivity contribution is -0.118. The number of anilines is 1. The highest BCUT2D eigenvalue weighted by atomic mass is 35.5. The number of amides is 1. The fourth-order valence-electron chi connectivity index (χ4n) is 2.07. The van der Waals surface area contributed by atoms with Gasteiger partial charge in [0.25, 0.3) is 0 Å². The Balaban J connectivity index is 0.00000220. The van der Waals surface area contributed by atoms with Gasteiger partial charge in [-0.25, -0.2) is 0 Å². The lowest BCUT2D eigenvalue weighted by Gasteiger charge is -2.15. The summed E-state index contributed by atoms with van der Waals surface area (Å²) in [6.07, 6.45) is 3.53. The second-order valence-electron chi connectivity index (χ2n) is 4.96. The number of carbonyl (C=O) groups is 1. The van der Waals surface area contributed by atoms with Crippen LogP contribution in [0.1, 0.15) is 22.7 Å². The van der Waals surface area contributed by atoms with Gasteiger partial charge in [0.2, 0.25) is 5.91 Å². The molecule has 6 heteroatoms. The molecule has 0 spiro atoms. The van der Waals surface area contributed by atoms with Gasteiger partial charge in [-0.1, -0.05) is 6.07 Å². The second kappa shape index (κ2) is 7.24. The Morgan fingerprint density at radius 3 is 2.52 bits per heavy atom. The Labute approximate surface area is 131 Å². The van der Waals surface area contributed by atoms with Crippen molar-refractivity contribution in [3.05, 3.63) is 47.3 Å². The molecule has 5 nitrogen and oxygen atoms in total. The quantitative estimate of drug-likeness (QED) is 0.911. The highest BCUT2D eigenvalue weighted by Gasteiger charge is 2.20. The van der Waals surface area contributed by atoms with Crippen LogP contribution in [0.25, 0.3) is 0 Å². The number of rotatable bonds is 4. The normalized spacial score (nSPS) is 11.6. The number of hydrogen-bond donors (Lipinski definition) is 2. The maximum absolute atomic E-state index is 12.3. The van der Waals surface area contributed by atoms with Gasteiger partial charge in [-0.15, -0.1) is 12.4 Å². The zero-order valence-electron chi connectivity index (χ0n) is 12.7. The largest absolute Gasteiger partial charge is 0.324 e. The van der Waals surface area contributed by atoms with Gasteiger partial charge in [-0.05, 0) is 44.2 Å². The Morgan fingerprint density at radius 2 is 2.00 bits per heavy atom. The van der Waals surface area contributed by atoms with Gasteiger partial charge in [-0.2, -0.15) is 5.10 Å². The number of benzene rings is 1. The van der Waals surface area contributed by atoms with Gasteiger partial charge in [0.1, 0.15) is 6.04 Å². The minimum atomic E-state index is -0.412. The van der Waals surface area contributed by atoms with Crippen LogP contribution in [0.2, 0.25) is 0 Å². The molecule has 21 heavy (non-hydrogen) atoms. The summed E-state index contributed by atoms with van der Waals surface area (Å²) in [7, 11) is 3.59. The standard InChI is InChI=1S/C15H20N4O.ClH/c1-10-5-6-13(7-11(10)2)18-15(20)14(16-3)12-8-17-19(4)9-12;/h5-9,14,16H,1-4H3,(H,18,20);1H. The molecular weight excluding hydrogens is 288 g/mol. The summed E-state index contributed by atoms with van der Waals surface area (Å²) in [6.45, 7) is 4.08. The highest BCUT2D eigenvalue weighted by Crippen LogP contribution is 2.17. The lowest BCUT2D eigenvalue weighted by Crippen LogP contribution is -2.30. The predicted octanol–water partition coefficient (Wildman–Crippen LogP) is 2.36. The third-order valence-corrected chi connectivity index (χ3v) is 3.38. The van der Waals surface area contributed by atoms with Crippen LogP contribution < -0.4 is 10.6 Å². The molecule has 2 aromatic rings. The van der Waals surface area contributed by atoms with Crippen molar-refractivity contribution in [3.8, 4) is 0 Å². The number of nitrogens with one attached hydrogen (secondary N) is 2. The molecule has 0 aliphatic rings. The van der Waals surface area contributed by atoms with E-state index in [-0.39, 0.29) is 18.3 Å². The van der Waals surface area contributed by atoms with E-state index in [9.17, 15) is 4.79 Å². The van der Waals surface area contributed by atoms with E-state index in [0.29, 0.717) is 0 Å². The fourth-order valence-corrected chi connectivity index (χ4v) is 2.07. The van der Waals surface area contributed by atoms with Crippen molar-refractivity contribution in [1.82, 2.24) is 15.1 Å². The van der Waals surface area contributed by atoms with E-state index in [1.165, 1.54) is 5.56 Å². The third-order valence-electron chi connectivity index (χ3n) is 3.38. The van der Waals surface area contributed by atoms with E-state index in [0.717, 1.165) is 16.8 Å². The minimum Gasteiger partial charge on any atom is -0.324 e. The molecule has 0 aliphatic heterocycles. The van der Waals surface area contributed by atoms with Crippen LogP contribution >= 0.6 is 12.4 Å². The van der Waals surface area contributed by atoms with Crippen LogP contribution in [-0.4, -0.2) is 22.7 Å². The van der Waals surface area contributed by atoms with Crippen molar-refractivity contribution in [1.29, 1.82) is 0 Å². The summed E-state index contributed by atoms with van der Waals surface area (Å²) in [5, 5.41) is 10.0. The van der Waals surface area contributed by atoms with Crippen molar-refractivity contribution in [3.63, 3.8) is 0 Å². The van der Waals surface area contributed by atoms with Gasteiger partial charge in [-0.3, -0.25) is 9.48 Å². The summed E-state index contributed by atoms with van der Waals surface area (Å²) < 4.78 is 1.68. The van der Waals surface area contributed by atoms with E-state index in [1.807, 2.05) is 45.3 Å².